The quantitative estimate of drug-likeness (QED) is 0.380. The van der Waals surface area contributed by atoms with Crippen LogP contribution in [0.15, 0.2) is 72.8 Å². The molecule has 0 spiro atoms. The number of fused-ring (bicyclic) bond motifs is 1. The number of hydrogen-bond acceptors (Lipinski definition) is 5. The lowest BCUT2D eigenvalue weighted by atomic mass is 10.0. The maximum Gasteiger partial charge on any atom is 0.307 e. The predicted molar refractivity (Wildman–Crippen MR) is 119 cm³/mol. The standard InChI is InChI=1S/C25H20N2O6/c28-21-11-10-16(14-22(29)30)12-19(21)26-23(31)20(13-15-6-2-1-3-7-15)27-24(32)17-8-4-5-9-18(17)25(27)33/h1-12,20,28H,13-14H2,(H,26,31)(H,29,30). The van der Waals surface area contributed by atoms with Crippen molar-refractivity contribution < 1.29 is 29.4 Å². The molecule has 0 saturated heterocycles. The first-order valence-corrected chi connectivity index (χ1v) is 10.2. The minimum absolute atomic E-state index is 0.00609. The highest BCUT2D eigenvalue weighted by Crippen LogP contribution is 2.29. The molecular formula is C25H20N2O6. The summed E-state index contributed by atoms with van der Waals surface area (Å²) in [7, 11) is 0. The van der Waals surface area contributed by atoms with Gasteiger partial charge >= 0.3 is 5.97 Å². The summed E-state index contributed by atoms with van der Waals surface area (Å²) >= 11 is 0. The van der Waals surface area contributed by atoms with Gasteiger partial charge in [-0.15, -0.1) is 0 Å². The minimum Gasteiger partial charge on any atom is -0.506 e. The van der Waals surface area contributed by atoms with E-state index in [1.54, 1.807) is 36.4 Å². The zero-order valence-corrected chi connectivity index (χ0v) is 17.4. The van der Waals surface area contributed by atoms with Crippen molar-refractivity contribution in [3.8, 4) is 5.75 Å². The predicted octanol–water partition coefficient (Wildman–Crippen LogP) is 2.87. The summed E-state index contributed by atoms with van der Waals surface area (Å²) in [5.41, 5.74) is 1.54. The largest absolute Gasteiger partial charge is 0.506 e. The van der Waals surface area contributed by atoms with E-state index in [0.717, 1.165) is 10.5 Å². The molecule has 166 valence electrons. The molecule has 33 heavy (non-hydrogen) atoms. The molecule has 3 aromatic rings. The van der Waals surface area contributed by atoms with Crippen molar-refractivity contribution >= 4 is 29.4 Å². The van der Waals surface area contributed by atoms with Gasteiger partial charge < -0.3 is 15.5 Å². The molecule has 8 nitrogen and oxygen atoms in total. The van der Waals surface area contributed by atoms with Gasteiger partial charge in [0.25, 0.3) is 11.8 Å². The van der Waals surface area contributed by atoms with Gasteiger partial charge in [-0.1, -0.05) is 48.5 Å². The van der Waals surface area contributed by atoms with Crippen LogP contribution in [-0.4, -0.2) is 44.8 Å². The second-order valence-electron chi connectivity index (χ2n) is 7.64. The molecular weight excluding hydrogens is 424 g/mol. The van der Waals surface area contributed by atoms with Crippen molar-refractivity contribution in [1.82, 2.24) is 4.90 Å². The fraction of sp³-hybridized carbons (Fsp3) is 0.120. The Bertz CT molecular complexity index is 1220. The molecule has 1 aliphatic heterocycles. The number of carboxylic acids is 1. The molecule has 0 saturated carbocycles. The Kier molecular flexibility index (Phi) is 5.91. The normalized spacial score (nSPS) is 13.5. The first kappa shape index (κ1) is 21.8. The maximum atomic E-state index is 13.3. The fourth-order valence-electron chi connectivity index (χ4n) is 3.81. The number of hydrogen-bond donors (Lipinski definition) is 3. The minimum atomic E-state index is -1.19. The van der Waals surface area contributed by atoms with Crippen LogP contribution in [0.4, 0.5) is 5.69 Å². The Hall–Kier alpha value is -4.46. The number of carboxylic acid groups (broad SMARTS) is 1. The summed E-state index contributed by atoms with van der Waals surface area (Å²) in [5.74, 6) is -3.16. The molecule has 3 aromatic carbocycles. The van der Waals surface area contributed by atoms with E-state index in [2.05, 4.69) is 5.32 Å². The fourth-order valence-corrected chi connectivity index (χ4v) is 3.81. The highest BCUT2D eigenvalue weighted by Gasteiger charge is 2.42. The summed E-state index contributed by atoms with van der Waals surface area (Å²) in [5, 5.41) is 21.8. The second-order valence-corrected chi connectivity index (χ2v) is 7.64. The number of aromatic hydroxyl groups is 1. The number of carbonyl (C=O) groups is 4. The molecule has 0 aromatic heterocycles. The second kappa shape index (κ2) is 8.96. The summed E-state index contributed by atoms with van der Waals surface area (Å²) < 4.78 is 0. The highest BCUT2D eigenvalue weighted by atomic mass is 16.4. The Labute approximate surface area is 189 Å². The molecule has 1 atom stereocenters. The van der Waals surface area contributed by atoms with E-state index in [-0.39, 0.29) is 35.4 Å². The van der Waals surface area contributed by atoms with E-state index >= 15 is 0 Å². The maximum absolute atomic E-state index is 13.3. The Balaban J connectivity index is 1.68. The first-order chi connectivity index (χ1) is 15.8. The van der Waals surface area contributed by atoms with Gasteiger partial charge in [-0.3, -0.25) is 24.1 Å². The van der Waals surface area contributed by atoms with Crippen molar-refractivity contribution in [2.75, 3.05) is 5.32 Å². The third-order valence-electron chi connectivity index (χ3n) is 5.39. The van der Waals surface area contributed by atoms with Crippen molar-refractivity contribution in [3.63, 3.8) is 0 Å². The summed E-state index contributed by atoms with van der Waals surface area (Å²) in [6.07, 6.45) is -0.233. The number of imide groups is 1. The van der Waals surface area contributed by atoms with Crippen molar-refractivity contribution in [1.29, 1.82) is 0 Å². The summed E-state index contributed by atoms with van der Waals surface area (Å²) in [6.45, 7) is 0. The van der Waals surface area contributed by atoms with E-state index in [4.69, 9.17) is 5.11 Å². The SMILES string of the molecule is O=C(O)Cc1ccc(O)c(NC(=O)C(Cc2ccccc2)N2C(=O)c3ccccc3C2=O)c1. The third-order valence-corrected chi connectivity index (χ3v) is 5.39. The van der Waals surface area contributed by atoms with Crippen LogP contribution in [0.5, 0.6) is 5.75 Å². The van der Waals surface area contributed by atoms with Gasteiger partial charge in [0.2, 0.25) is 5.91 Å². The smallest absolute Gasteiger partial charge is 0.307 e. The molecule has 1 heterocycles. The Morgan fingerprint density at radius 1 is 0.848 bits per heavy atom. The number of rotatable bonds is 7. The Morgan fingerprint density at radius 3 is 2.06 bits per heavy atom. The van der Waals surface area contributed by atoms with E-state index < -0.39 is 29.7 Å². The van der Waals surface area contributed by atoms with Gasteiger partial charge in [0.15, 0.2) is 0 Å². The number of nitrogens with zero attached hydrogens (tertiary/aromatic N) is 1. The lowest BCUT2D eigenvalue weighted by Crippen LogP contribution is -2.48. The third kappa shape index (κ3) is 4.45. The number of benzene rings is 3. The number of aliphatic carboxylic acids is 1. The average Bonchev–Trinajstić information content (AvgIpc) is 3.05. The number of phenols is 1. The number of amides is 3. The zero-order chi connectivity index (χ0) is 23.5. The number of phenolic OH excluding ortho intramolecular Hbond substituents is 1. The summed E-state index contributed by atoms with van der Waals surface area (Å²) in [6, 6.07) is 18.2. The number of carbonyl (C=O) groups excluding carboxylic acids is 3. The molecule has 0 aliphatic carbocycles. The van der Waals surface area contributed by atoms with Crippen LogP contribution in [0.2, 0.25) is 0 Å². The Morgan fingerprint density at radius 2 is 1.45 bits per heavy atom. The van der Waals surface area contributed by atoms with Crippen LogP contribution in [0.3, 0.4) is 0 Å². The molecule has 3 amide bonds. The molecule has 0 fully saturated rings. The van der Waals surface area contributed by atoms with Gasteiger partial charge in [0, 0.05) is 6.42 Å². The molecule has 1 aliphatic rings. The molecule has 0 radical (unpaired) electrons. The van der Waals surface area contributed by atoms with Gasteiger partial charge in [0.05, 0.1) is 23.2 Å². The average molecular weight is 444 g/mol. The topological polar surface area (TPSA) is 124 Å². The van der Waals surface area contributed by atoms with Crippen LogP contribution in [-0.2, 0) is 22.4 Å². The van der Waals surface area contributed by atoms with Crippen molar-refractivity contribution in [3.05, 3.63) is 95.1 Å². The monoisotopic (exact) mass is 444 g/mol. The zero-order valence-electron chi connectivity index (χ0n) is 17.4. The van der Waals surface area contributed by atoms with E-state index in [0.29, 0.717) is 5.56 Å². The molecule has 8 heteroatoms. The van der Waals surface area contributed by atoms with Crippen LogP contribution >= 0.6 is 0 Å². The lowest BCUT2D eigenvalue weighted by molar-refractivity contribution is -0.136. The van der Waals surface area contributed by atoms with Crippen LogP contribution in [0.1, 0.15) is 31.8 Å². The number of nitrogens with one attached hydrogen (secondary N) is 1. The van der Waals surface area contributed by atoms with Crippen LogP contribution < -0.4 is 5.32 Å². The first-order valence-electron chi connectivity index (χ1n) is 10.2. The van der Waals surface area contributed by atoms with Crippen molar-refractivity contribution in [2.24, 2.45) is 0 Å². The lowest BCUT2D eigenvalue weighted by Gasteiger charge is -2.26. The highest BCUT2D eigenvalue weighted by molar-refractivity contribution is 6.23. The van der Waals surface area contributed by atoms with Crippen molar-refractivity contribution in [2.45, 2.75) is 18.9 Å². The summed E-state index contributed by atoms with van der Waals surface area (Å²) in [4.78, 5) is 51.4. The van der Waals surface area contributed by atoms with Crippen LogP contribution in [0.25, 0.3) is 0 Å². The van der Waals surface area contributed by atoms with Crippen LogP contribution in [0, 0.1) is 0 Å². The molecule has 1 unspecified atom stereocenters. The van der Waals surface area contributed by atoms with Gasteiger partial charge in [-0.05, 0) is 35.4 Å². The molecule has 3 N–H and O–H groups in total. The number of anilines is 1. The van der Waals surface area contributed by atoms with E-state index in [9.17, 15) is 24.3 Å². The van der Waals surface area contributed by atoms with E-state index in [1.165, 1.54) is 30.3 Å². The van der Waals surface area contributed by atoms with Gasteiger partial charge in [-0.25, -0.2) is 0 Å². The molecule has 4 rings (SSSR count). The van der Waals surface area contributed by atoms with Gasteiger partial charge in [0.1, 0.15) is 11.8 Å². The molecule has 0 bridgehead atoms. The van der Waals surface area contributed by atoms with E-state index in [1.807, 2.05) is 6.07 Å². The van der Waals surface area contributed by atoms with Gasteiger partial charge in [-0.2, -0.15) is 0 Å².